The number of carbonyl (C=O) groups excluding carboxylic acids is 2. The standard InChI is InChI=1S/C16H30O4/c1-5-6-9-14(4)20-16(18)11-8-7-10-15(17)19-12-13(2)3/h13-14H,5-12H2,1-4H3. The molecule has 0 radical (unpaired) electrons. The second-order valence-corrected chi connectivity index (χ2v) is 5.73. The van der Waals surface area contributed by atoms with Crippen molar-refractivity contribution in [3.63, 3.8) is 0 Å². The van der Waals surface area contributed by atoms with Gasteiger partial charge in [-0.1, -0.05) is 33.6 Å². The summed E-state index contributed by atoms with van der Waals surface area (Å²) in [6, 6.07) is 0. The van der Waals surface area contributed by atoms with Gasteiger partial charge in [-0.3, -0.25) is 9.59 Å². The summed E-state index contributed by atoms with van der Waals surface area (Å²) in [5, 5.41) is 0. The van der Waals surface area contributed by atoms with Gasteiger partial charge in [0.15, 0.2) is 0 Å². The average molecular weight is 286 g/mol. The molecule has 4 nitrogen and oxygen atoms in total. The van der Waals surface area contributed by atoms with E-state index >= 15 is 0 Å². The van der Waals surface area contributed by atoms with Gasteiger partial charge in [0.05, 0.1) is 12.7 Å². The van der Waals surface area contributed by atoms with Crippen molar-refractivity contribution < 1.29 is 19.1 Å². The zero-order valence-corrected chi connectivity index (χ0v) is 13.4. The van der Waals surface area contributed by atoms with E-state index < -0.39 is 0 Å². The van der Waals surface area contributed by atoms with E-state index in [1.54, 1.807) is 0 Å². The van der Waals surface area contributed by atoms with Gasteiger partial charge in [-0.15, -0.1) is 0 Å². The maximum Gasteiger partial charge on any atom is 0.306 e. The van der Waals surface area contributed by atoms with Gasteiger partial charge in [-0.05, 0) is 32.1 Å². The van der Waals surface area contributed by atoms with Gasteiger partial charge in [0.2, 0.25) is 0 Å². The van der Waals surface area contributed by atoms with Gasteiger partial charge < -0.3 is 9.47 Å². The van der Waals surface area contributed by atoms with Crippen molar-refractivity contribution in [1.82, 2.24) is 0 Å². The van der Waals surface area contributed by atoms with Gasteiger partial charge in [0.25, 0.3) is 0 Å². The summed E-state index contributed by atoms with van der Waals surface area (Å²) in [4.78, 5) is 22.9. The zero-order valence-electron chi connectivity index (χ0n) is 13.4. The first-order chi connectivity index (χ1) is 9.45. The van der Waals surface area contributed by atoms with E-state index in [4.69, 9.17) is 9.47 Å². The second kappa shape index (κ2) is 11.7. The average Bonchev–Trinajstić information content (AvgIpc) is 2.39. The lowest BCUT2D eigenvalue weighted by Crippen LogP contribution is -2.14. The van der Waals surface area contributed by atoms with E-state index in [0.29, 0.717) is 38.2 Å². The topological polar surface area (TPSA) is 52.6 Å². The molecule has 0 saturated carbocycles. The molecule has 0 aliphatic rings. The largest absolute Gasteiger partial charge is 0.465 e. The van der Waals surface area contributed by atoms with Crippen molar-refractivity contribution in [3.8, 4) is 0 Å². The molecule has 0 saturated heterocycles. The summed E-state index contributed by atoms with van der Waals surface area (Å²) in [6.45, 7) is 8.52. The normalized spacial score (nSPS) is 12.2. The lowest BCUT2D eigenvalue weighted by molar-refractivity contribution is -0.149. The van der Waals surface area contributed by atoms with Crippen molar-refractivity contribution in [2.45, 2.75) is 78.7 Å². The van der Waals surface area contributed by atoms with Crippen molar-refractivity contribution in [3.05, 3.63) is 0 Å². The summed E-state index contributed by atoms with van der Waals surface area (Å²) < 4.78 is 10.3. The molecule has 0 aromatic heterocycles. The van der Waals surface area contributed by atoms with Crippen LogP contribution in [0.2, 0.25) is 0 Å². The Kier molecular flexibility index (Phi) is 11.1. The van der Waals surface area contributed by atoms with Gasteiger partial charge in [-0.2, -0.15) is 0 Å². The van der Waals surface area contributed by atoms with E-state index in [1.165, 1.54) is 0 Å². The summed E-state index contributed by atoms with van der Waals surface area (Å²) >= 11 is 0. The van der Waals surface area contributed by atoms with Crippen LogP contribution in [0.25, 0.3) is 0 Å². The SMILES string of the molecule is CCCCC(C)OC(=O)CCCCC(=O)OCC(C)C. The van der Waals surface area contributed by atoms with Crippen molar-refractivity contribution in [2.24, 2.45) is 5.92 Å². The van der Waals surface area contributed by atoms with Crippen LogP contribution in [0, 0.1) is 5.92 Å². The highest BCUT2D eigenvalue weighted by molar-refractivity contribution is 5.70. The van der Waals surface area contributed by atoms with E-state index in [2.05, 4.69) is 6.92 Å². The predicted molar refractivity (Wildman–Crippen MR) is 79.3 cm³/mol. The molecule has 0 aliphatic heterocycles. The quantitative estimate of drug-likeness (QED) is 0.427. The Morgan fingerprint density at radius 3 is 2.10 bits per heavy atom. The molecule has 0 N–H and O–H groups in total. The van der Waals surface area contributed by atoms with Crippen LogP contribution >= 0.6 is 0 Å². The Balaban J connectivity index is 3.54. The molecular formula is C16H30O4. The third-order valence-electron chi connectivity index (χ3n) is 2.89. The minimum atomic E-state index is -0.177. The molecule has 0 rings (SSSR count). The van der Waals surface area contributed by atoms with Crippen molar-refractivity contribution >= 4 is 11.9 Å². The molecule has 4 heteroatoms. The zero-order chi connectivity index (χ0) is 15.4. The first kappa shape index (κ1) is 18.9. The summed E-state index contributed by atoms with van der Waals surface area (Å²) in [6.07, 6.45) is 5.23. The minimum Gasteiger partial charge on any atom is -0.465 e. The number of hydrogen-bond acceptors (Lipinski definition) is 4. The molecule has 20 heavy (non-hydrogen) atoms. The van der Waals surface area contributed by atoms with Crippen LogP contribution in [0.15, 0.2) is 0 Å². The van der Waals surface area contributed by atoms with Crippen LogP contribution in [0.1, 0.15) is 72.6 Å². The molecule has 0 spiro atoms. The number of hydrogen-bond donors (Lipinski definition) is 0. The van der Waals surface area contributed by atoms with Crippen LogP contribution in [-0.2, 0) is 19.1 Å². The molecular weight excluding hydrogens is 256 g/mol. The van der Waals surface area contributed by atoms with Crippen molar-refractivity contribution in [1.29, 1.82) is 0 Å². The summed E-state index contributed by atoms with van der Waals surface area (Å²) in [7, 11) is 0. The van der Waals surface area contributed by atoms with Crippen molar-refractivity contribution in [2.75, 3.05) is 6.61 Å². The fourth-order valence-electron chi connectivity index (χ4n) is 1.70. The fraction of sp³-hybridized carbons (Fsp3) is 0.875. The lowest BCUT2D eigenvalue weighted by atomic mass is 10.2. The summed E-state index contributed by atoms with van der Waals surface area (Å²) in [5.41, 5.74) is 0. The molecule has 0 aromatic rings. The third kappa shape index (κ3) is 12.0. The number of carbonyl (C=O) groups is 2. The smallest absolute Gasteiger partial charge is 0.306 e. The minimum absolute atomic E-state index is 0.00143. The van der Waals surface area contributed by atoms with Crippen LogP contribution in [-0.4, -0.2) is 24.6 Å². The molecule has 118 valence electrons. The Labute approximate surface area is 123 Å². The number of unbranched alkanes of at least 4 members (excludes halogenated alkanes) is 2. The second-order valence-electron chi connectivity index (χ2n) is 5.73. The van der Waals surface area contributed by atoms with E-state index in [0.717, 1.165) is 19.3 Å². The van der Waals surface area contributed by atoms with Crippen LogP contribution in [0.3, 0.4) is 0 Å². The first-order valence-corrected chi connectivity index (χ1v) is 7.80. The maximum absolute atomic E-state index is 11.5. The Morgan fingerprint density at radius 1 is 0.950 bits per heavy atom. The predicted octanol–water partition coefficient (Wildman–Crippen LogP) is 3.87. The van der Waals surface area contributed by atoms with E-state index in [9.17, 15) is 9.59 Å². The molecule has 0 bridgehead atoms. The van der Waals surface area contributed by atoms with Gasteiger partial charge in [0.1, 0.15) is 0 Å². The number of esters is 2. The Morgan fingerprint density at radius 2 is 1.55 bits per heavy atom. The summed E-state index contributed by atoms with van der Waals surface area (Å²) in [5.74, 6) is 0.0195. The van der Waals surface area contributed by atoms with Gasteiger partial charge >= 0.3 is 11.9 Å². The fourth-order valence-corrected chi connectivity index (χ4v) is 1.70. The third-order valence-corrected chi connectivity index (χ3v) is 2.89. The lowest BCUT2D eigenvalue weighted by Gasteiger charge is -2.12. The Hall–Kier alpha value is -1.06. The molecule has 0 aromatic carbocycles. The molecule has 0 fully saturated rings. The van der Waals surface area contributed by atoms with Gasteiger partial charge in [-0.25, -0.2) is 0 Å². The molecule has 1 unspecified atom stereocenters. The molecule has 1 atom stereocenters. The van der Waals surface area contributed by atoms with Crippen LogP contribution in [0.4, 0.5) is 0 Å². The molecule has 0 aliphatic carbocycles. The first-order valence-electron chi connectivity index (χ1n) is 7.80. The number of rotatable bonds is 11. The highest BCUT2D eigenvalue weighted by Gasteiger charge is 2.10. The monoisotopic (exact) mass is 286 g/mol. The van der Waals surface area contributed by atoms with E-state index in [-0.39, 0.29) is 18.0 Å². The van der Waals surface area contributed by atoms with Gasteiger partial charge in [0, 0.05) is 12.8 Å². The highest BCUT2D eigenvalue weighted by Crippen LogP contribution is 2.08. The van der Waals surface area contributed by atoms with Crippen LogP contribution < -0.4 is 0 Å². The van der Waals surface area contributed by atoms with E-state index in [1.807, 2.05) is 20.8 Å². The molecule has 0 amide bonds. The molecule has 0 heterocycles. The highest BCUT2D eigenvalue weighted by atomic mass is 16.5. The Bertz CT molecular complexity index is 274. The number of ether oxygens (including phenoxy) is 2. The maximum atomic E-state index is 11.5. The van der Waals surface area contributed by atoms with Crippen LogP contribution in [0.5, 0.6) is 0 Å².